The number of hydrogen-bond donors (Lipinski definition) is 1. The van der Waals surface area contributed by atoms with Gasteiger partial charge in [-0.1, -0.05) is 29.8 Å². The summed E-state index contributed by atoms with van der Waals surface area (Å²) in [5.41, 5.74) is 1.54. The number of likely N-dealkylation sites (N-methyl/N-ethyl adjacent to an activating group) is 1. The number of carbonyl (C=O) groups is 2. The zero-order chi connectivity index (χ0) is 18.2. The fourth-order valence-electron chi connectivity index (χ4n) is 2.15. The van der Waals surface area contributed by atoms with Gasteiger partial charge in [-0.15, -0.1) is 0 Å². The van der Waals surface area contributed by atoms with Gasteiger partial charge < -0.3 is 15.0 Å². The van der Waals surface area contributed by atoms with Gasteiger partial charge in [0, 0.05) is 17.6 Å². The Kier molecular flexibility index (Phi) is 6.83. The molecule has 0 spiro atoms. The van der Waals surface area contributed by atoms with Crippen LogP contribution < -0.4 is 10.1 Å². The molecule has 0 unspecified atom stereocenters. The van der Waals surface area contributed by atoms with Crippen LogP contribution in [0.2, 0.25) is 5.02 Å². The number of ether oxygens (including phenoxy) is 1. The van der Waals surface area contributed by atoms with Crippen molar-refractivity contribution in [3.8, 4) is 5.75 Å². The highest BCUT2D eigenvalue weighted by molar-refractivity contribution is 6.30. The summed E-state index contributed by atoms with van der Waals surface area (Å²) in [6.07, 6.45) is 0. The van der Waals surface area contributed by atoms with Crippen LogP contribution in [-0.2, 0) is 4.79 Å². The van der Waals surface area contributed by atoms with E-state index < -0.39 is 0 Å². The summed E-state index contributed by atoms with van der Waals surface area (Å²) in [4.78, 5) is 25.6. The van der Waals surface area contributed by atoms with Crippen molar-refractivity contribution in [2.45, 2.75) is 6.92 Å². The summed E-state index contributed by atoms with van der Waals surface area (Å²) in [7, 11) is 1.67. The number of nitrogens with one attached hydrogen (secondary N) is 1. The SMILES string of the molecule is Cc1cccc(OCCN(C)C(=O)CNC(=O)c2cccc(Cl)c2)c1. The molecule has 0 atom stereocenters. The van der Waals surface area contributed by atoms with Gasteiger partial charge in [0.05, 0.1) is 13.1 Å². The minimum Gasteiger partial charge on any atom is -0.492 e. The van der Waals surface area contributed by atoms with Gasteiger partial charge in [0.2, 0.25) is 5.91 Å². The maximum Gasteiger partial charge on any atom is 0.251 e. The summed E-state index contributed by atoms with van der Waals surface area (Å²) in [6.45, 7) is 2.73. The number of nitrogens with zero attached hydrogens (tertiary/aromatic N) is 1. The highest BCUT2D eigenvalue weighted by Gasteiger charge is 2.12. The first kappa shape index (κ1) is 18.8. The average molecular weight is 361 g/mol. The van der Waals surface area contributed by atoms with Crippen LogP contribution in [0.1, 0.15) is 15.9 Å². The van der Waals surface area contributed by atoms with Gasteiger partial charge in [-0.2, -0.15) is 0 Å². The molecule has 2 aromatic rings. The molecule has 0 aliphatic carbocycles. The van der Waals surface area contributed by atoms with Crippen LogP contribution in [-0.4, -0.2) is 43.5 Å². The Labute approximate surface area is 152 Å². The van der Waals surface area contributed by atoms with Crippen molar-refractivity contribution in [1.29, 1.82) is 0 Å². The van der Waals surface area contributed by atoms with Crippen molar-refractivity contribution in [2.75, 3.05) is 26.7 Å². The topological polar surface area (TPSA) is 58.6 Å². The smallest absolute Gasteiger partial charge is 0.251 e. The summed E-state index contributed by atoms with van der Waals surface area (Å²) in [6, 6.07) is 14.3. The largest absolute Gasteiger partial charge is 0.492 e. The predicted octanol–water partition coefficient (Wildman–Crippen LogP) is 2.92. The van der Waals surface area contributed by atoms with Gasteiger partial charge in [-0.3, -0.25) is 9.59 Å². The molecule has 0 saturated carbocycles. The molecule has 0 saturated heterocycles. The van der Waals surface area contributed by atoms with E-state index in [4.69, 9.17) is 16.3 Å². The Morgan fingerprint density at radius 2 is 1.92 bits per heavy atom. The van der Waals surface area contributed by atoms with Crippen LogP contribution in [0.3, 0.4) is 0 Å². The molecule has 0 fully saturated rings. The van der Waals surface area contributed by atoms with Crippen LogP contribution in [0.25, 0.3) is 0 Å². The average Bonchev–Trinajstić information content (AvgIpc) is 2.59. The molecule has 5 nitrogen and oxygen atoms in total. The lowest BCUT2D eigenvalue weighted by atomic mass is 10.2. The zero-order valence-electron chi connectivity index (χ0n) is 14.3. The van der Waals surface area contributed by atoms with E-state index in [1.807, 2.05) is 31.2 Å². The summed E-state index contributed by atoms with van der Waals surface area (Å²) >= 11 is 5.85. The van der Waals surface area contributed by atoms with E-state index in [0.717, 1.165) is 11.3 Å². The monoisotopic (exact) mass is 360 g/mol. The molecule has 0 aliphatic heterocycles. The fraction of sp³-hybridized carbons (Fsp3) is 0.263. The van der Waals surface area contributed by atoms with Crippen LogP contribution in [0, 0.1) is 6.92 Å². The second-order valence-corrected chi connectivity index (χ2v) is 6.11. The number of hydrogen-bond acceptors (Lipinski definition) is 3. The van der Waals surface area contributed by atoms with E-state index in [1.54, 1.807) is 31.3 Å². The van der Waals surface area contributed by atoms with Gasteiger partial charge in [-0.05, 0) is 42.8 Å². The molecule has 0 aliphatic rings. The first-order chi connectivity index (χ1) is 12.0. The molecule has 2 rings (SSSR count). The Morgan fingerprint density at radius 1 is 1.16 bits per heavy atom. The third-order valence-electron chi connectivity index (χ3n) is 3.60. The van der Waals surface area contributed by atoms with Crippen molar-refractivity contribution >= 4 is 23.4 Å². The van der Waals surface area contributed by atoms with Crippen molar-refractivity contribution in [2.24, 2.45) is 0 Å². The molecule has 2 amide bonds. The van der Waals surface area contributed by atoms with Crippen LogP contribution in [0.5, 0.6) is 5.75 Å². The molecule has 25 heavy (non-hydrogen) atoms. The third kappa shape index (κ3) is 6.12. The number of benzene rings is 2. The van der Waals surface area contributed by atoms with E-state index in [1.165, 1.54) is 4.90 Å². The quantitative estimate of drug-likeness (QED) is 0.826. The second-order valence-electron chi connectivity index (χ2n) is 5.67. The molecule has 0 heterocycles. The fourth-order valence-corrected chi connectivity index (χ4v) is 2.34. The lowest BCUT2D eigenvalue weighted by molar-refractivity contribution is -0.129. The van der Waals surface area contributed by atoms with Gasteiger partial charge in [0.15, 0.2) is 0 Å². The number of aryl methyl sites for hydroxylation is 1. The third-order valence-corrected chi connectivity index (χ3v) is 3.83. The summed E-state index contributed by atoms with van der Waals surface area (Å²) < 4.78 is 5.62. The number of amides is 2. The Bertz CT molecular complexity index is 749. The first-order valence-electron chi connectivity index (χ1n) is 7.93. The molecule has 1 N–H and O–H groups in total. The first-order valence-corrected chi connectivity index (χ1v) is 8.30. The molecule has 0 radical (unpaired) electrons. The maximum absolute atomic E-state index is 12.1. The summed E-state index contributed by atoms with van der Waals surface area (Å²) in [5, 5.41) is 3.07. The van der Waals surface area contributed by atoms with Crippen molar-refractivity contribution in [1.82, 2.24) is 10.2 Å². The number of halogens is 1. The van der Waals surface area contributed by atoms with Gasteiger partial charge in [0.1, 0.15) is 12.4 Å². The summed E-state index contributed by atoms with van der Waals surface area (Å²) in [5.74, 6) is 0.249. The van der Waals surface area contributed by atoms with Gasteiger partial charge in [-0.25, -0.2) is 0 Å². The highest BCUT2D eigenvalue weighted by atomic mass is 35.5. The molecule has 6 heteroatoms. The van der Waals surface area contributed by atoms with E-state index in [-0.39, 0.29) is 18.4 Å². The standard InChI is InChI=1S/C19H21ClN2O3/c1-14-5-3-8-17(11-14)25-10-9-22(2)18(23)13-21-19(24)15-6-4-7-16(20)12-15/h3-8,11-12H,9-10,13H2,1-2H3,(H,21,24). The Balaban J connectivity index is 1.73. The minimum atomic E-state index is -0.333. The molecular weight excluding hydrogens is 340 g/mol. The van der Waals surface area contributed by atoms with Crippen LogP contribution in [0.15, 0.2) is 48.5 Å². The molecule has 0 aromatic heterocycles. The highest BCUT2D eigenvalue weighted by Crippen LogP contribution is 2.12. The van der Waals surface area contributed by atoms with Gasteiger partial charge in [0.25, 0.3) is 5.91 Å². The predicted molar refractivity (Wildman–Crippen MR) is 98.1 cm³/mol. The molecular formula is C19H21ClN2O3. The minimum absolute atomic E-state index is 0.0771. The van der Waals surface area contributed by atoms with E-state index in [0.29, 0.717) is 23.7 Å². The second kappa shape index (κ2) is 9.08. The maximum atomic E-state index is 12.1. The lowest BCUT2D eigenvalue weighted by Crippen LogP contribution is -2.39. The van der Waals surface area contributed by atoms with Crippen LogP contribution in [0.4, 0.5) is 0 Å². The van der Waals surface area contributed by atoms with E-state index in [2.05, 4.69) is 5.32 Å². The normalized spacial score (nSPS) is 10.2. The Hall–Kier alpha value is -2.53. The van der Waals surface area contributed by atoms with Gasteiger partial charge >= 0.3 is 0 Å². The molecule has 132 valence electrons. The van der Waals surface area contributed by atoms with Crippen molar-refractivity contribution in [3.05, 3.63) is 64.7 Å². The lowest BCUT2D eigenvalue weighted by Gasteiger charge is -2.18. The van der Waals surface area contributed by atoms with Crippen LogP contribution >= 0.6 is 11.6 Å². The molecule has 0 bridgehead atoms. The van der Waals surface area contributed by atoms with E-state index in [9.17, 15) is 9.59 Å². The zero-order valence-corrected chi connectivity index (χ0v) is 15.0. The van der Waals surface area contributed by atoms with Crippen molar-refractivity contribution in [3.63, 3.8) is 0 Å². The number of rotatable bonds is 7. The Morgan fingerprint density at radius 3 is 2.64 bits per heavy atom. The number of carbonyl (C=O) groups excluding carboxylic acids is 2. The van der Waals surface area contributed by atoms with E-state index >= 15 is 0 Å². The molecule has 2 aromatic carbocycles. The van der Waals surface area contributed by atoms with Crippen molar-refractivity contribution < 1.29 is 14.3 Å².